The molecule has 0 saturated carbocycles. The van der Waals surface area contributed by atoms with E-state index in [0.29, 0.717) is 19.9 Å². The van der Waals surface area contributed by atoms with Gasteiger partial charge in [0.05, 0.1) is 11.4 Å². The van der Waals surface area contributed by atoms with Crippen molar-refractivity contribution in [3.05, 3.63) is 70.2 Å². The number of nitrogens with one attached hydrogen (secondary N) is 2. The van der Waals surface area contributed by atoms with Gasteiger partial charge in [-0.2, -0.15) is 9.97 Å². The van der Waals surface area contributed by atoms with Crippen molar-refractivity contribution in [1.29, 1.82) is 0 Å². The van der Waals surface area contributed by atoms with Gasteiger partial charge in [0.25, 0.3) is 0 Å². The maximum atomic E-state index is 5.33. The van der Waals surface area contributed by atoms with E-state index in [1.165, 1.54) is 21.6 Å². The molecule has 0 bridgehead atoms. The molecule has 4 rings (SSSR count). The van der Waals surface area contributed by atoms with Crippen molar-refractivity contribution in [3.63, 3.8) is 0 Å². The van der Waals surface area contributed by atoms with Crippen LogP contribution in [0, 0.1) is 9.54 Å². The Balaban J connectivity index is 1.52. The number of rotatable bonds is 5. The van der Waals surface area contributed by atoms with E-state index >= 15 is 0 Å². The lowest BCUT2D eigenvalue weighted by molar-refractivity contribution is 0.827. The first-order valence-electron chi connectivity index (χ1n) is 7.54. The highest BCUT2D eigenvalue weighted by Gasteiger charge is 2.09. The number of para-hydroxylation sites is 2. The standard InChI is InChI=1S/C16H12N6S4/c23-15-17-13(19-21(15)11-7-3-1-4-8-11)25-26-14-18-16(24)22(20-14)12-9-5-2-6-10-12/h1-10H,(H,17,19,23)(H,18,20,24). The fraction of sp³-hybridized carbons (Fsp3) is 0. The molecule has 10 heteroatoms. The van der Waals surface area contributed by atoms with Crippen LogP contribution in [0.15, 0.2) is 71.0 Å². The van der Waals surface area contributed by atoms with Crippen LogP contribution in [-0.4, -0.2) is 29.5 Å². The number of hydrogen-bond acceptors (Lipinski definition) is 6. The molecule has 6 nitrogen and oxygen atoms in total. The van der Waals surface area contributed by atoms with Gasteiger partial charge in [-0.05, 0) is 70.3 Å². The number of aromatic amines is 2. The molecule has 0 radical (unpaired) electrons. The topological polar surface area (TPSA) is 67.2 Å². The Morgan fingerprint density at radius 1 is 0.654 bits per heavy atom. The molecule has 0 aliphatic heterocycles. The zero-order chi connectivity index (χ0) is 17.9. The van der Waals surface area contributed by atoms with Gasteiger partial charge >= 0.3 is 0 Å². The highest BCUT2D eigenvalue weighted by molar-refractivity contribution is 8.76. The van der Waals surface area contributed by atoms with Gasteiger partial charge in [0.15, 0.2) is 10.3 Å². The third-order valence-electron chi connectivity index (χ3n) is 3.42. The first-order valence-corrected chi connectivity index (χ1v) is 10.5. The molecule has 2 N–H and O–H groups in total. The average molecular weight is 417 g/mol. The maximum Gasteiger partial charge on any atom is 0.221 e. The quantitative estimate of drug-likeness (QED) is 0.354. The molecule has 4 aromatic rings. The first-order chi connectivity index (χ1) is 12.7. The molecule has 0 saturated heterocycles. The van der Waals surface area contributed by atoms with Crippen LogP contribution in [0.4, 0.5) is 0 Å². The van der Waals surface area contributed by atoms with Crippen LogP contribution in [0.5, 0.6) is 0 Å². The summed E-state index contributed by atoms with van der Waals surface area (Å²) in [4.78, 5) is 8.76. The Hall–Kier alpha value is -2.14. The zero-order valence-electron chi connectivity index (χ0n) is 13.2. The minimum Gasteiger partial charge on any atom is -0.269 e. The van der Waals surface area contributed by atoms with Crippen molar-refractivity contribution in [1.82, 2.24) is 29.5 Å². The maximum absolute atomic E-state index is 5.33. The lowest BCUT2D eigenvalue weighted by Gasteiger charge is -2.00. The van der Waals surface area contributed by atoms with Crippen molar-refractivity contribution in [2.45, 2.75) is 10.3 Å². The Bertz CT molecular complexity index is 1040. The van der Waals surface area contributed by atoms with E-state index in [1.54, 1.807) is 9.36 Å². The lowest BCUT2D eigenvalue weighted by atomic mass is 10.3. The van der Waals surface area contributed by atoms with Gasteiger partial charge in [-0.25, -0.2) is 9.36 Å². The van der Waals surface area contributed by atoms with E-state index in [2.05, 4.69) is 20.2 Å². The van der Waals surface area contributed by atoms with Gasteiger partial charge in [0.1, 0.15) is 0 Å². The summed E-state index contributed by atoms with van der Waals surface area (Å²) in [6, 6.07) is 19.6. The van der Waals surface area contributed by atoms with Gasteiger partial charge in [0.2, 0.25) is 9.54 Å². The van der Waals surface area contributed by atoms with Crippen molar-refractivity contribution in [2.75, 3.05) is 0 Å². The molecule has 2 heterocycles. The number of H-pyrrole nitrogens is 2. The van der Waals surface area contributed by atoms with E-state index in [0.717, 1.165) is 11.4 Å². The smallest absolute Gasteiger partial charge is 0.221 e. The molecule has 2 aromatic heterocycles. The Morgan fingerprint density at radius 3 is 1.42 bits per heavy atom. The van der Waals surface area contributed by atoms with Gasteiger partial charge < -0.3 is 0 Å². The summed E-state index contributed by atoms with van der Waals surface area (Å²) in [5.74, 6) is 0. The second kappa shape index (κ2) is 7.62. The second-order valence-corrected chi connectivity index (χ2v) is 7.97. The number of aromatic nitrogens is 6. The summed E-state index contributed by atoms with van der Waals surface area (Å²) in [6.07, 6.45) is 0. The molecule has 0 amide bonds. The van der Waals surface area contributed by atoms with E-state index < -0.39 is 0 Å². The van der Waals surface area contributed by atoms with Gasteiger partial charge in [-0.15, -0.1) is 0 Å². The number of benzene rings is 2. The third-order valence-corrected chi connectivity index (χ3v) is 5.93. The monoisotopic (exact) mass is 416 g/mol. The zero-order valence-corrected chi connectivity index (χ0v) is 16.5. The number of nitrogens with zero attached hydrogens (tertiary/aromatic N) is 4. The molecule has 26 heavy (non-hydrogen) atoms. The molecular weight excluding hydrogens is 404 g/mol. The molecular formula is C16H12N6S4. The largest absolute Gasteiger partial charge is 0.269 e. The molecule has 0 atom stereocenters. The SMILES string of the molecule is S=c1nc(SSc2nc(=S)n(-c3ccccc3)[nH]2)[nH]n1-c1ccccc1. The highest BCUT2D eigenvalue weighted by Crippen LogP contribution is 2.33. The second-order valence-electron chi connectivity index (χ2n) is 5.13. The van der Waals surface area contributed by atoms with Crippen molar-refractivity contribution in [3.8, 4) is 11.4 Å². The molecule has 0 aliphatic carbocycles. The van der Waals surface area contributed by atoms with Crippen LogP contribution in [-0.2, 0) is 0 Å². The van der Waals surface area contributed by atoms with Gasteiger partial charge in [-0.1, -0.05) is 36.4 Å². The van der Waals surface area contributed by atoms with Crippen LogP contribution >= 0.6 is 46.0 Å². The Kier molecular flexibility index (Phi) is 5.07. The Labute approximate surface area is 167 Å². The van der Waals surface area contributed by atoms with E-state index in [9.17, 15) is 0 Å². The predicted octanol–water partition coefficient (Wildman–Crippen LogP) is 4.97. The minimum absolute atomic E-state index is 0.474. The van der Waals surface area contributed by atoms with E-state index in [4.69, 9.17) is 24.4 Å². The van der Waals surface area contributed by atoms with Crippen molar-refractivity contribution >= 4 is 46.0 Å². The van der Waals surface area contributed by atoms with E-state index in [-0.39, 0.29) is 0 Å². The van der Waals surface area contributed by atoms with Crippen LogP contribution < -0.4 is 0 Å². The summed E-state index contributed by atoms with van der Waals surface area (Å²) in [6.45, 7) is 0. The molecule has 0 unspecified atom stereocenters. The minimum atomic E-state index is 0.474. The third kappa shape index (κ3) is 3.68. The van der Waals surface area contributed by atoms with E-state index in [1.807, 2.05) is 60.7 Å². The highest BCUT2D eigenvalue weighted by atomic mass is 33.1. The van der Waals surface area contributed by atoms with Crippen LogP contribution in [0.25, 0.3) is 11.4 Å². The predicted molar refractivity (Wildman–Crippen MR) is 109 cm³/mol. The summed E-state index contributed by atoms with van der Waals surface area (Å²) in [5, 5.41) is 7.76. The fourth-order valence-electron chi connectivity index (χ4n) is 2.27. The molecule has 0 spiro atoms. The Morgan fingerprint density at radius 2 is 1.04 bits per heavy atom. The average Bonchev–Trinajstić information content (AvgIpc) is 3.24. The van der Waals surface area contributed by atoms with Gasteiger partial charge in [0, 0.05) is 0 Å². The summed E-state index contributed by atoms with van der Waals surface area (Å²) < 4.78 is 4.48. The summed E-state index contributed by atoms with van der Waals surface area (Å²) in [5.41, 5.74) is 1.88. The number of hydrogen-bond donors (Lipinski definition) is 2. The molecule has 0 fully saturated rings. The lowest BCUT2D eigenvalue weighted by Crippen LogP contribution is -1.95. The molecule has 2 aromatic carbocycles. The summed E-state index contributed by atoms with van der Waals surface area (Å²) >= 11 is 10.7. The molecule has 130 valence electrons. The van der Waals surface area contributed by atoms with Crippen LogP contribution in [0.3, 0.4) is 0 Å². The normalized spacial score (nSPS) is 10.9. The van der Waals surface area contributed by atoms with Crippen molar-refractivity contribution < 1.29 is 0 Å². The molecule has 0 aliphatic rings. The first kappa shape index (κ1) is 17.3. The fourth-order valence-corrected chi connectivity index (χ4v) is 4.45. The van der Waals surface area contributed by atoms with Gasteiger partial charge in [-0.3, -0.25) is 10.2 Å². The van der Waals surface area contributed by atoms with Crippen LogP contribution in [0.1, 0.15) is 0 Å². The summed E-state index contributed by atoms with van der Waals surface area (Å²) in [7, 11) is 2.86. The van der Waals surface area contributed by atoms with Crippen molar-refractivity contribution in [2.24, 2.45) is 0 Å². The van der Waals surface area contributed by atoms with Crippen LogP contribution in [0.2, 0.25) is 0 Å².